The van der Waals surface area contributed by atoms with Gasteiger partial charge in [-0.2, -0.15) is 0 Å². The Hall–Kier alpha value is -0.823. The van der Waals surface area contributed by atoms with E-state index in [1.165, 1.54) is 12.8 Å². The third-order valence-corrected chi connectivity index (χ3v) is 6.19. The van der Waals surface area contributed by atoms with Crippen molar-refractivity contribution in [2.75, 3.05) is 0 Å². The summed E-state index contributed by atoms with van der Waals surface area (Å²) >= 11 is 0. The molecule has 0 aromatic heterocycles. The molecule has 0 aliphatic heterocycles. The molecule has 2 rings (SSSR count). The van der Waals surface area contributed by atoms with Crippen molar-refractivity contribution in [1.82, 2.24) is 0 Å². The van der Waals surface area contributed by atoms with Crippen LogP contribution < -0.4 is 0 Å². The third kappa shape index (κ3) is 2.23. The Balaban J connectivity index is 1.98. The van der Waals surface area contributed by atoms with E-state index in [0.717, 1.165) is 11.1 Å². The molecule has 15 heavy (non-hydrogen) atoms. The molecule has 0 aromatic carbocycles. The van der Waals surface area contributed by atoms with Crippen LogP contribution in [0.25, 0.3) is 0 Å². The van der Waals surface area contributed by atoms with Crippen molar-refractivity contribution in [2.24, 2.45) is 0 Å². The molecule has 0 saturated heterocycles. The molecule has 2 atom stereocenters. The Morgan fingerprint density at radius 2 is 1.40 bits per heavy atom. The second kappa shape index (κ2) is 4.80. The van der Waals surface area contributed by atoms with Crippen LogP contribution in [0.3, 0.4) is 0 Å². The Morgan fingerprint density at radius 1 is 0.933 bits per heavy atom. The van der Waals surface area contributed by atoms with Crippen LogP contribution in [-0.2, 0) is 0 Å². The summed E-state index contributed by atoms with van der Waals surface area (Å²) in [5.74, 6) is 0. The minimum atomic E-state index is -0.0628. The maximum atomic E-state index is 2.42. The SMILES string of the molecule is CCC1=CC=CC1[SiH2]C1C=CC=C1CC. The van der Waals surface area contributed by atoms with Crippen molar-refractivity contribution in [1.29, 1.82) is 0 Å². The molecule has 1 heteroatoms. The van der Waals surface area contributed by atoms with Crippen LogP contribution in [0.1, 0.15) is 26.7 Å². The highest BCUT2D eigenvalue weighted by Gasteiger charge is 2.21. The first-order valence-electron chi connectivity index (χ1n) is 6.09. The molecular formula is C14H20Si. The highest BCUT2D eigenvalue weighted by atomic mass is 28.2. The minimum Gasteiger partial charge on any atom is -0.0807 e. The van der Waals surface area contributed by atoms with E-state index >= 15 is 0 Å². The number of allylic oxidation sites excluding steroid dienone is 8. The zero-order chi connectivity index (χ0) is 10.7. The average Bonchev–Trinajstić information content (AvgIpc) is 2.87. The Morgan fingerprint density at radius 3 is 1.80 bits per heavy atom. The minimum absolute atomic E-state index is 0.0628. The lowest BCUT2D eigenvalue weighted by atomic mass is 10.2. The quantitative estimate of drug-likeness (QED) is 0.631. The maximum Gasteiger partial charge on any atom is 0.0459 e. The monoisotopic (exact) mass is 216 g/mol. The topological polar surface area (TPSA) is 0 Å². The van der Waals surface area contributed by atoms with E-state index in [1.807, 2.05) is 0 Å². The number of rotatable bonds is 4. The van der Waals surface area contributed by atoms with E-state index < -0.39 is 0 Å². The molecule has 2 unspecified atom stereocenters. The molecule has 0 radical (unpaired) electrons. The first kappa shape index (κ1) is 10.7. The zero-order valence-corrected chi connectivity index (χ0v) is 11.2. The highest BCUT2D eigenvalue weighted by Crippen LogP contribution is 2.35. The van der Waals surface area contributed by atoms with Gasteiger partial charge in [-0.05, 0) is 23.9 Å². The second-order valence-electron chi connectivity index (χ2n) is 4.41. The van der Waals surface area contributed by atoms with Gasteiger partial charge in [-0.25, -0.2) is 0 Å². The molecule has 2 aliphatic carbocycles. The van der Waals surface area contributed by atoms with E-state index in [0.29, 0.717) is 0 Å². The molecule has 0 aromatic rings. The summed E-state index contributed by atoms with van der Waals surface area (Å²) in [4.78, 5) is 0. The van der Waals surface area contributed by atoms with Gasteiger partial charge in [-0.1, -0.05) is 61.4 Å². The normalized spacial score (nSPS) is 29.2. The molecule has 80 valence electrons. The summed E-state index contributed by atoms with van der Waals surface area (Å²) in [6.07, 6.45) is 16.5. The van der Waals surface area contributed by atoms with Gasteiger partial charge in [0.1, 0.15) is 0 Å². The molecular weight excluding hydrogens is 196 g/mol. The van der Waals surface area contributed by atoms with Crippen molar-refractivity contribution in [3.63, 3.8) is 0 Å². The molecule has 0 fully saturated rings. The van der Waals surface area contributed by atoms with Gasteiger partial charge in [-0.3, -0.25) is 0 Å². The lowest BCUT2D eigenvalue weighted by Gasteiger charge is -2.18. The lowest BCUT2D eigenvalue weighted by Crippen LogP contribution is -2.09. The first-order valence-corrected chi connectivity index (χ1v) is 7.73. The van der Waals surface area contributed by atoms with Gasteiger partial charge in [0, 0.05) is 9.52 Å². The van der Waals surface area contributed by atoms with Gasteiger partial charge < -0.3 is 0 Å². The van der Waals surface area contributed by atoms with E-state index in [9.17, 15) is 0 Å². The maximum absolute atomic E-state index is 2.42. The first-order chi connectivity index (χ1) is 7.35. The molecule has 0 saturated carbocycles. The van der Waals surface area contributed by atoms with Gasteiger partial charge in [0.2, 0.25) is 0 Å². The summed E-state index contributed by atoms with van der Waals surface area (Å²) in [7, 11) is -0.0628. The fourth-order valence-electron chi connectivity index (χ4n) is 2.61. The average molecular weight is 216 g/mol. The van der Waals surface area contributed by atoms with Crippen LogP contribution in [0.5, 0.6) is 0 Å². The smallest absolute Gasteiger partial charge is 0.0459 e. The van der Waals surface area contributed by atoms with Gasteiger partial charge in [0.05, 0.1) is 0 Å². The van der Waals surface area contributed by atoms with E-state index in [2.05, 4.69) is 50.3 Å². The van der Waals surface area contributed by atoms with Crippen molar-refractivity contribution in [2.45, 2.75) is 37.8 Å². The molecule has 0 N–H and O–H groups in total. The largest absolute Gasteiger partial charge is 0.0807 e. The van der Waals surface area contributed by atoms with Gasteiger partial charge >= 0.3 is 0 Å². The van der Waals surface area contributed by atoms with Crippen LogP contribution in [-0.4, -0.2) is 9.52 Å². The van der Waals surface area contributed by atoms with Crippen LogP contribution in [0.15, 0.2) is 47.6 Å². The van der Waals surface area contributed by atoms with Gasteiger partial charge in [0.15, 0.2) is 0 Å². The van der Waals surface area contributed by atoms with Crippen LogP contribution in [0.4, 0.5) is 0 Å². The van der Waals surface area contributed by atoms with E-state index in [4.69, 9.17) is 0 Å². The van der Waals surface area contributed by atoms with Gasteiger partial charge in [-0.15, -0.1) is 0 Å². The second-order valence-corrected chi connectivity index (χ2v) is 6.64. The summed E-state index contributed by atoms with van der Waals surface area (Å²) in [5, 5.41) is 0. The molecule has 2 aliphatic rings. The van der Waals surface area contributed by atoms with E-state index in [-0.39, 0.29) is 9.52 Å². The highest BCUT2D eigenvalue weighted by molar-refractivity contribution is 6.44. The fourth-order valence-corrected chi connectivity index (χ4v) is 5.25. The van der Waals surface area contributed by atoms with E-state index in [1.54, 1.807) is 11.1 Å². The lowest BCUT2D eigenvalue weighted by molar-refractivity contribution is 0.996. The van der Waals surface area contributed by atoms with Gasteiger partial charge in [0.25, 0.3) is 0 Å². The van der Waals surface area contributed by atoms with Crippen molar-refractivity contribution >= 4 is 9.52 Å². The number of hydrogen-bond donors (Lipinski definition) is 0. The predicted octanol–water partition coefficient (Wildman–Crippen LogP) is 3.54. The summed E-state index contributed by atoms with van der Waals surface area (Å²) in [6, 6.07) is 0. The molecule has 0 bridgehead atoms. The van der Waals surface area contributed by atoms with Crippen molar-refractivity contribution in [3.8, 4) is 0 Å². The molecule has 0 spiro atoms. The standard InChI is InChI=1S/C14H20Si/c1-3-11-7-5-9-13(11)15-14-10-6-8-12(14)4-2/h5-10,13-14H,3-4,15H2,1-2H3. The zero-order valence-electron chi connectivity index (χ0n) is 9.74. The Kier molecular flexibility index (Phi) is 3.42. The molecule has 0 amide bonds. The molecule has 0 nitrogen and oxygen atoms in total. The van der Waals surface area contributed by atoms with Crippen molar-refractivity contribution in [3.05, 3.63) is 47.6 Å². The van der Waals surface area contributed by atoms with Crippen LogP contribution in [0, 0.1) is 0 Å². The van der Waals surface area contributed by atoms with Crippen LogP contribution >= 0.6 is 0 Å². The molecule has 0 heterocycles. The van der Waals surface area contributed by atoms with Crippen molar-refractivity contribution < 1.29 is 0 Å². The van der Waals surface area contributed by atoms with Crippen LogP contribution in [0.2, 0.25) is 11.1 Å². The summed E-state index contributed by atoms with van der Waals surface area (Å²) in [6.45, 7) is 4.56. The summed E-state index contributed by atoms with van der Waals surface area (Å²) < 4.78 is 0. The number of hydrogen-bond acceptors (Lipinski definition) is 0. The third-order valence-electron chi connectivity index (χ3n) is 3.58. The predicted molar refractivity (Wildman–Crippen MR) is 71.1 cm³/mol. The fraction of sp³-hybridized carbons (Fsp3) is 0.429. The Labute approximate surface area is 95.3 Å². The summed E-state index contributed by atoms with van der Waals surface area (Å²) in [5.41, 5.74) is 4.99. The Bertz CT molecular complexity index is 310.